The average molecular weight is 586 g/mol. The molecule has 0 aromatic heterocycles. The number of aliphatic carboxylic acids is 2. The molecular formula is C27H27BO14. The van der Waals surface area contributed by atoms with Crippen molar-refractivity contribution in [3.63, 3.8) is 0 Å². The number of esters is 1. The van der Waals surface area contributed by atoms with Crippen LogP contribution in [0.2, 0.25) is 0 Å². The first-order valence-electron chi connectivity index (χ1n) is 11.9. The van der Waals surface area contributed by atoms with Gasteiger partial charge in [-0.15, -0.1) is 0 Å². The Kier molecular flexibility index (Phi) is 12.0. The maximum atomic E-state index is 12.3. The Labute approximate surface area is 239 Å². The molecule has 0 bridgehead atoms. The lowest BCUT2D eigenvalue weighted by Crippen LogP contribution is -2.43. The quantitative estimate of drug-likeness (QED) is 0.0606. The Hall–Kier alpha value is -4.99. The van der Waals surface area contributed by atoms with Gasteiger partial charge in [0.1, 0.15) is 5.75 Å². The minimum atomic E-state index is -2.87. The molecule has 0 saturated carbocycles. The first kappa shape index (κ1) is 33.2. The third-order valence-electron chi connectivity index (χ3n) is 5.38. The SMILES string of the molecule is COc1cc(/C=C/C(=O)CC(=O)/C=C/c2ccc(OC(=O)CC(O)(CC(=O)O)C(=O)O)c(OC)c2)ccc1OB(O)O. The van der Waals surface area contributed by atoms with Crippen LogP contribution < -0.4 is 18.9 Å². The molecule has 0 radical (unpaired) electrons. The molecule has 14 nitrogen and oxygen atoms in total. The summed E-state index contributed by atoms with van der Waals surface area (Å²) in [6, 6.07) is 8.51. The molecule has 0 fully saturated rings. The largest absolute Gasteiger partial charge is 0.707 e. The normalized spacial score (nSPS) is 12.4. The molecule has 2 aromatic carbocycles. The van der Waals surface area contributed by atoms with Crippen molar-refractivity contribution in [2.75, 3.05) is 14.2 Å². The van der Waals surface area contributed by atoms with Gasteiger partial charge in [0.05, 0.1) is 33.5 Å². The second-order valence-corrected chi connectivity index (χ2v) is 8.60. The van der Waals surface area contributed by atoms with E-state index in [1.165, 1.54) is 68.8 Å². The average Bonchev–Trinajstić information content (AvgIpc) is 2.90. The lowest BCUT2D eigenvalue weighted by molar-refractivity contribution is -0.169. The maximum Gasteiger partial charge on any atom is 0.707 e. The van der Waals surface area contributed by atoms with Crippen molar-refractivity contribution in [2.24, 2.45) is 0 Å². The highest BCUT2D eigenvalue weighted by Gasteiger charge is 2.41. The van der Waals surface area contributed by atoms with Gasteiger partial charge in [0.25, 0.3) is 0 Å². The molecule has 222 valence electrons. The van der Waals surface area contributed by atoms with Gasteiger partial charge in [0.15, 0.2) is 34.4 Å². The summed E-state index contributed by atoms with van der Waals surface area (Å²) in [7, 11) is 0.556. The number of methoxy groups -OCH3 is 2. The van der Waals surface area contributed by atoms with E-state index in [1.54, 1.807) is 0 Å². The highest BCUT2D eigenvalue weighted by molar-refractivity contribution is 6.33. The molecule has 0 saturated heterocycles. The van der Waals surface area contributed by atoms with Crippen molar-refractivity contribution < 1.29 is 68.2 Å². The number of aliphatic hydroxyl groups is 1. The minimum Gasteiger partial charge on any atom is -0.509 e. The smallest absolute Gasteiger partial charge is 0.509 e. The topological polar surface area (TPSA) is 223 Å². The number of hydrogen-bond acceptors (Lipinski definition) is 12. The first-order chi connectivity index (χ1) is 19.8. The van der Waals surface area contributed by atoms with E-state index >= 15 is 0 Å². The van der Waals surface area contributed by atoms with Crippen LogP contribution in [0.15, 0.2) is 48.6 Å². The predicted molar refractivity (Wildman–Crippen MR) is 145 cm³/mol. The number of allylic oxidation sites excluding steroid dienone is 2. The Bertz CT molecular complexity index is 1400. The molecule has 0 aliphatic heterocycles. The van der Waals surface area contributed by atoms with Gasteiger partial charge in [-0.3, -0.25) is 19.2 Å². The van der Waals surface area contributed by atoms with Crippen LogP contribution in [0.5, 0.6) is 23.0 Å². The molecule has 1 unspecified atom stereocenters. The van der Waals surface area contributed by atoms with Crippen molar-refractivity contribution in [2.45, 2.75) is 24.9 Å². The molecule has 5 N–H and O–H groups in total. The summed E-state index contributed by atoms with van der Waals surface area (Å²) in [5, 5.41) is 45.8. The molecule has 1 atom stereocenters. The van der Waals surface area contributed by atoms with E-state index in [4.69, 9.17) is 39.1 Å². The molecule has 0 heterocycles. The summed E-state index contributed by atoms with van der Waals surface area (Å²) < 4.78 is 20.1. The molecule has 42 heavy (non-hydrogen) atoms. The highest BCUT2D eigenvalue weighted by Crippen LogP contribution is 2.30. The Morgan fingerprint density at radius 2 is 1.29 bits per heavy atom. The first-order valence-corrected chi connectivity index (χ1v) is 11.9. The van der Waals surface area contributed by atoms with Gasteiger partial charge in [-0.2, -0.15) is 0 Å². The van der Waals surface area contributed by atoms with Crippen LogP contribution in [0.25, 0.3) is 12.2 Å². The molecule has 0 aliphatic carbocycles. The fourth-order valence-electron chi connectivity index (χ4n) is 3.40. The lowest BCUT2D eigenvalue weighted by atomic mass is 9.96. The molecule has 0 aliphatic rings. The van der Waals surface area contributed by atoms with Crippen LogP contribution in [0.1, 0.15) is 30.4 Å². The van der Waals surface area contributed by atoms with Gasteiger partial charge in [-0.05, 0) is 47.5 Å². The van der Waals surface area contributed by atoms with Crippen LogP contribution >= 0.6 is 0 Å². The van der Waals surface area contributed by atoms with Gasteiger partial charge >= 0.3 is 25.2 Å². The number of ketones is 2. The van der Waals surface area contributed by atoms with Gasteiger partial charge in [0, 0.05) is 0 Å². The van der Waals surface area contributed by atoms with Gasteiger partial charge in [-0.25, -0.2) is 4.79 Å². The number of carbonyl (C=O) groups is 5. The summed E-state index contributed by atoms with van der Waals surface area (Å²) in [6.45, 7) is 0. The van der Waals surface area contributed by atoms with Gasteiger partial charge in [0.2, 0.25) is 0 Å². The van der Waals surface area contributed by atoms with E-state index < -0.39 is 61.7 Å². The second kappa shape index (κ2) is 15.1. The van der Waals surface area contributed by atoms with Crippen LogP contribution in [0, 0.1) is 0 Å². The highest BCUT2D eigenvalue weighted by atomic mass is 16.6. The van der Waals surface area contributed by atoms with Gasteiger partial charge in [-0.1, -0.05) is 24.3 Å². The standard InChI is InChI=1S/C27H27BO14/c1-39-22-11-16(5-9-20(22)41-25(33)15-27(36,26(34)35)14-24(31)32)3-7-18(29)13-19(30)8-4-17-6-10-21(42-28(37)38)23(12-17)40-2/h3-12,36-38H,13-15H2,1-2H3,(H,31,32)(H,34,35)/b7-3+,8-4+. The Balaban J connectivity index is 2.02. The van der Waals surface area contributed by atoms with Crippen LogP contribution in [-0.4, -0.2) is 82.0 Å². The third kappa shape index (κ3) is 10.2. The Morgan fingerprint density at radius 3 is 1.74 bits per heavy atom. The summed E-state index contributed by atoms with van der Waals surface area (Å²) in [5.41, 5.74) is -1.94. The molecule has 15 heteroatoms. The zero-order valence-corrected chi connectivity index (χ0v) is 22.4. The summed E-state index contributed by atoms with van der Waals surface area (Å²) in [5.74, 6) is -5.67. The molecule has 2 aromatic rings. The van der Waals surface area contributed by atoms with E-state index in [0.29, 0.717) is 11.1 Å². The number of carboxylic acid groups (broad SMARTS) is 2. The van der Waals surface area contributed by atoms with Gasteiger partial charge < -0.3 is 44.2 Å². The van der Waals surface area contributed by atoms with E-state index in [0.717, 1.165) is 6.08 Å². The second-order valence-electron chi connectivity index (χ2n) is 8.60. The van der Waals surface area contributed by atoms with Crippen LogP contribution in [0.4, 0.5) is 0 Å². The summed E-state index contributed by atoms with van der Waals surface area (Å²) in [4.78, 5) is 58.8. The number of benzene rings is 2. The number of hydrogen-bond donors (Lipinski definition) is 5. The van der Waals surface area contributed by atoms with Crippen molar-refractivity contribution in [1.82, 2.24) is 0 Å². The number of carboxylic acids is 2. The van der Waals surface area contributed by atoms with E-state index in [-0.39, 0.29) is 23.0 Å². The number of carbonyl (C=O) groups excluding carboxylic acids is 3. The van der Waals surface area contributed by atoms with Crippen molar-refractivity contribution in [3.8, 4) is 23.0 Å². The number of ether oxygens (including phenoxy) is 3. The number of rotatable bonds is 16. The molecule has 2 rings (SSSR count). The summed E-state index contributed by atoms with van der Waals surface area (Å²) in [6.07, 6.45) is 2.35. The maximum absolute atomic E-state index is 12.3. The fourth-order valence-corrected chi connectivity index (χ4v) is 3.40. The summed E-state index contributed by atoms with van der Waals surface area (Å²) >= 11 is 0. The van der Waals surface area contributed by atoms with Crippen molar-refractivity contribution in [3.05, 3.63) is 59.7 Å². The third-order valence-corrected chi connectivity index (χ3v) is 5.38. The molecule has 0 spiro atoms. The molecule has 0 amide bonds. The zero-order chi connectivity index (χ0) is 31.4. The van der Waals surface area contributed by atoms with Crippen molar-refractivity contribution >= 4 is 48.9 Å². The lowest BCUT2D eigenvalue weighted by Gasteiger charge is -2.20. The minimum absolute atomic E-state index is 0.00871. The predicted octanol–water partition coefficient (Wildman–Crippen LogP) is 0.893. The van der Waals surface area contributed by atoms with Crippen molar-refractivity contribution in [1.29, 1.82) is 0 Å². The van der Waals surface area contributed by atoms with Crippen LogP contribution in [-0.2, 0) is 24.0 Å². The molecular weight excluding hydrogens is 559 g/mol. The van der Waals surface area contributed by atoms with Crippen LogP contribution in [0.3, 0.4) is 0 Å². The van der Waals surface area contributed by atoms with E-state index in [1.807, 2.05) is 0 Å². The van der Waals surface area contributed by atoms with E-state index in [9.17, 15) is 29.1 Å². The Morgan fingerprint density at radius 1 is 0.786 bits per heavy atom. The zero-order valence-electron chi connectivity index (χ0n) is 22.4. The fraction of sp³-hybridized carbons (Fsp3) is 0.222. The van der Waals surface area contributed by atoms with E-state index in [2.05, 4.69) is 0 Å². The monoisotopic (exact) mass is 586 g/mol.